The number of benzene rings is 1. The SMILES string of the molecule is FC(F)(F)c1cc(CBr)ccc1N1CCCSCC1. The summed E-state index contributed by atoms with van der Waals surface area (Å²) in [6, 6.07) is 4.62. The molecule has 1 saturated heterocycles. The minimum atomic E-state index is -4.30. The Bertz CT molecular complexity index is 428. The first-order valence-corrected chi connectivity index (χ1v) is 8.39. The average molecular weight is 354 g/mol. The number of anilines is 1. The van der Waals surface area contributed by atoms with Gasteiger partial charge in [-0.3, -0.25) is 0 Å². The quantitative estimate of drug-likeness (QED) is 0.718. The first kappa shape index (κ1) is 15.0. The highest BCUT2D eigenvalue weighted by Crippen LogP contribution is 2.38. The molecule has 106 valence electrons. The number of halogens is 4. The molecule has 1 fully saturated rings. The predicted molar refractivity (Wildman–Crippen MR) is 78.2 cm³/mol. The van der Waals surface area contributed by atoms with E-state index in [0.717, 1.165) is 17.9 Å². The zero-order valence-electron chi connectivity index (χ0n) is 10.3. The van der Waals surface area contributed by atoms with E-state index in [4.69, 9.17) is 0 Å². The van der Waals surface area contributed by atoms with Crippen LogP contribution in [0.1, 0.15) is 17.5 Å². The third kappa shape index (κ3) is 3.81. The molecule has 2 rings (SSSR count). The Labute approximate surface area is 123 Å². The third-order valence-electron chi connectivity index (χ3n) is 3.08. The maximum atomic E-state index is 13.2. The Morgan fingerprint density at radius 2 is 2.00 bits per heavy atom. The van der Waals surface area contributed by atoms with Gasteiger partial charge in [-0.15, -0.1) is 0 Å². The van der Waals surface area contributed by atoms with Gasteiger partial charge < -0.3 is 4.90 Å². The highest BCUT2D eigenvalue weighted by atomic mass is 79.9. The van der Waals surface area contributed by atoms with Crippen LogP contribution in [0.4, 0.5) is 18.9 Å². The molecule has 1 heterocycles. The highest BCUT2D eigenvalue weighted by molar-refractivity contribution is 9.08. The van der Waals surface area contributed by atoms with E-state index >= 15 is 0 Å². The summed E-state index contributed by atoms with van der Waals surface area (Å²) in [6.07, 6.45) is -3.37. The van der Waals surface area contributed by atoms with E-state index in [1.807, 2.05) is 4.90 Å². The molecule has 1 aliphatic rings. The van der Waals surface area contributed by atoms with Crippen LogP contribution in [0.5, 0.6) is 0 Å². The normalized spacial score (nSPS) is 17.4. The number of alkyl halides is 4. The predicted octanol–water partition coefficient (Wildman–Crippen LogP) is 4.54. The monoisotopic (exact) mass is 353 g/mol. The van der Waals surface area contributed by atoms with Gasteiger partial charge in [-0.05, 0) is 29.9 Å². The van der Waals surface area contributed by atoms with E-state index < -0.39 is 11.7 Å². The number of nitrogens with zero attached hydrogens (tertiary/aromatic N) is 1. The van der Waals surface area contributed by atoms with Gasteiger partial charge in [-0.1, -0.05) is 22.0 Å². The van der Waals surface area contributed by atoms with Crippen molar-refractivity contribution in [2.45, 2.75) is 17.9 Å². The lowest BCUT2D eigenvalue weighted by Crippen LogP contribution is -2.28. The fourth-order valence-electron chi connectivity index (χ4n) is 2.16. The summed E-state index contributed by atoms with van der Waals surface area (Å²) in [5.41, 5.74) is 0.455. The molecule has 0 aromatic heterocycles. The van der Waals surface area contributed by atoms with Crippen molar-refractivity contribution in [3.63, 3.8) is 0 Å². The van der Waals surface area contributed by atoms with E-state index in [1.54, 1.807) is 23.9 Å². The van der Waals surface area contributed by atoms with Crippen molar-refractivity contribution >= 4 is 33.4 Å². The lowest BCUT2D eigenvalue weighted by molar-refractivity contribution is -0.137. The molecule has 0 unspecified atom stereocenters. The van der Waals surface area contributed by atoms with Gasteiger partial charge in [0, 0.05) is 29.9 Å². The van der Waals surface area contributed by atoms with Crippen LogP contribution < -0.4 is 4.90 Å². The summed E-state index contributed by atoms with van der Waals surface area (Å²) in [7, 11) is 0. The first-order chi connectivity index (χ1) is 9.02. The van der Waals surface area contributed by atoms with Gasteiger partial charge in [0.15, 0.2) is 0 Å². The minimum Gasteiger partial charge on any atom is -0.370 e. The molecule has 0 saturated carbocycles. The standard InChI is InChI=1S/C13H15BrF3NS/c14-9-10-2-3-12(11(8-10)13(15,16)17)18-4-1-6-19-7-5-18/h2-3,8H,1,4-7,9H2. The van der Waals surface area contributed by atoms with Crippen molar-refractivity contribution in [2.75, 3.05) is 29.5 Å². The van der Waals surface area contributed by atoms with Crippen LogP contribution >= 0.6 is 27.7 Å². The van der Waals surface area contributed by atoms with Crippen molar-refractivity contribution in [1.82, 2.24) is 0 Å². The lowest BCUT2D eigenvalue weighted by atomic mass is 10.1. The van der Waals surface area contributed by atoms with Crippen LogP contribution in [0.2, 0.25) is 0 Å². The van der Waals surface area contributed by atoms with Gasteiger partial charge >= 0.3 is 6.18 Å². The Hall–Kier alpha value is -0.360. The maximum Gasteiger partial charge on any atom is 0.418 e. The second kappa shape index (κ2) is 6.39. The number of thioether (sulfide) groups is 1. The second-order valence-corrected chi connectivity index (χ2v) is 6.22. The average Bonchev–Trinajstić information content (AvgIpc) is 2.65. The van der Waals surface area contributed by atoms with Gasteiger partial charge in [0.1, 0.15) is 0 Å². The van der Waals surface area contributed by atoms with E-state index in [2.05, 4.69) is 15.9 Å². The molecule has 0 bridgehead atoms. The van der Waals surface area contributed by atoms with Gasteiger partial charge in [0.25, 0.3) is 0 Å². The summed E-state index contributed by atoms with van der Waals surface area (Å²) in [6.45, 7) is 1.38. The summed E-state index contributed by atoms with van der Waals surface area (Å²) in [5.74, 6) is 1.91. The topological polar surface area (TPSA) is 3.24 Å². The Morgan fingerprint density at radius 1 is 1.21 bits per heavy atom. The van der Waals surface area contributed by atoms with Gasteiger partial charge in [-0.25, -0.2) is 0 Å². The van der Waals surface area contributed by atoms with Crippen LogP contribution in [0, 0.1) is 0 Å². The summed E-state index contributed by atoms with van der Waals surface area (Å²) in [4.78, 5) is 1.86. The zero-order valence-corrected chi connectivity index (χ0v) is 12.7. The van der Waals surface area contributed by atoms with Crippen molar-refractivity contribution in [2.24, 2.45) is 0 Å². The summed E-state index contributed by atoms with van der Waals surface area (Å²) < 4.78 is 39.5. The number of rotatable bonds is 2. The van der Waals surface area contributed by atoms with Crippen LogP contribution in [0.3, 0.4) is 0 Å². The Balaban J connectivity index is 2.37. The van der Waals surface area contributed by atoms with Crippen LogP contribution in [0.25, 0.3) is 0 Å². The molecular weight excluding hydrogens is 339 g/mol. The van der Waals surface area contributed by atoms with Crippen LogP contribution in [-0.2, 0) is 11.5 Å². The second-order valence-electron chi connectivity index (χ2n) is 4.44. The lowest BCUT2D eigenvalue weighted by Gasteiger charge is -2.26. The van der Waals surface area contributed by atoms with E-state index in [9.17, 15) is 13.2 Å². The molecule has 1 aromatic rings. The third-order valence-corrected chi connectivity index (χ3v) is 4.78. The van der Waals surface area contributed by atoms with Gasteiger partial charge in [0.2, 0.25) is 0 Å². The molecule has 19 heavy (non-hydrogen) atoms. The zero-order chi connectivity index (χ0) is 13.9. The molecular formula is C13H15BrF3NS. The molecule has 0 spiro atoms. The smallest absolute Gasteiger partial charge is 0.370 e. The number of hydrogen-bond donors (Lipinski definition) is 0. The van der Waals surface area contributed by atoms with Gasteiger partial charge in [0.05, 0.1) is 5.56 Å². The molecule has 1 aromatic carbocycles. The maximum absolute atomic E-state index is 13.2. The van der Waals surface area contributed by atoms with Crippen LogP contribution in [0.15, 0.2) is 18.2 Å². The van der Waals surface area contributed by atoms with Crippen molar-refractivity contribution < 1.29 is 13.2 Å². The van der Waals surface area contributed by atoms with E-state index in [0.29, 0.717) is 29.7 Å². The van der Waals surface area contributed by atoms with Crippen molar-refractivity contribution in [1.29, 1.82) is 0 Å². The minimum absolute atomic E-state index is 0.319. The van der Waals surface area contributed by atoms with Crippen molar-refractivity contribution in [3.8, 4) is 0 Å². The molecule has 1 nitrogen and oxygen atoms in total. The summed E-state index contributed by atoms with van der Waals surface area (Å²) >= 11 is 5.01. The van der Waals surface area contributed by atoms with E-state index in [-0.39, 0.29) is 0 Å². The fourth-order valence-corrected chi connectivity index (χ4v) is 3.39. The number of hydrogen-bond acceptors (Lipinski definition) is 2. The fraction of sp³-hybridized carbons (Fsp3) is 0.538. The molecule has 0 radical (unpaired) electrons. The van der Waals surface area contributed by atoms with Crippen LogP contribution in [-0.4, -0.2) is 24.6 Å². The van der Waals surface area contributed by atoms with Gasteiger partial charge in [-0.2, -0.15) is 24.9 Å². The Kier molecular flexibility index (Phi) is 5.06. The first-order valence-electron chi connectivity index (χ1n) is 6.11. The molecule has 0 atom stereocenters. The van der Waals surface area contributed by atoms with Crippen molar-refractivity contribution in [3.05, 3.63) is 29.3 Å². The molecule has 1 aliphatic heterocycles. The Morgan fingerprint density at radius 3 is 2.68 bits per heavy atom. The molecule has 6 heteroatoms. The largest absolute Gasteiger partial charge is 0.418 e. The molecule has 0 amide bonds. The summed E-state index contributed by atoms with van der Waals surface area (Å²) in [5, 5.41) is 0.437. The molecule has 0 N–H and O–H groups in total. The molecule has 0 aliphatic carbocycles. The highest BCUT2D eigenvalue weighted by Gasteiger charge is 2.35. The van der Waals surface area contributed by atoms with E-state index in [1.165, 1.54) is 6.07 Å².